The summed E-state index contributed by atoms with van der Waals surface area (Å²) in [5, 5.41) is 2.46. The van der Waals surface area contributed by atoms with Gasteiger partial charge < -0.3 is 9.64 Å². The molecule has 1 aromatic rings. The van der Waals surface area contributed by atoms with E-state index in [0.717, 1.165) is 30.8 Å². The third kappa shape index (κ3) is 6.29. The van der Waals surface area contributed by atoms with E-state index < -0.39 is 11.4 Å². The van der Waals surface area contributed by atoms with Crippen molar-refractivity contribution < 1.29 is 14.3 Å². The molecule has 5 nitrogen and oxygen atoms in total. The van der Waals surface area contributed by atoms with Crippen molar-refractivity contribution in [3.8, 4) is 0 Å². The first-order valence-corrected chi connectivity index (χ1v) is 9.08. The molecule has 0 radical (unpaired) electrons. The molecule has 0 aliphatic rings. The number of rotatable bonds is 8. The van der Waals surface area contributed by atoms with Gasteiger partial charge in [-0.2, -0.15) is 0 Å². The van der Waals surface area contributed by atoms with Crippen LogP contribution < -0.4 is 0 Å². The summed E-state index contributed by atoms with van der Waals surface area (Å²) in [4.78, 5) is 30.5. The third-order valence-corrected chi connectivity index (χ3v) is 4.16. The first-order valence-electron chi connectivity index (χ1n) is 8.20. The topological polar surface area (TPSA) is 59.5 Å². The van der Waals surface area contributed by atoms with Gasteiger partial charge in [0.05, 0.1) is 13.2 Å². The average Bonchev–Trinajstić information content (AvgIpc) is 2.93. The molecule has 0 unspecified atom stereocenters. The van der Waals surface area contributed by atoms with Crippen LogP contribution in [0.4, 0.5) is 0 Å². The van der Waals surface area contributed by atoms with Crippen LogP contribution in [0.3, 0.4) is 0 Å². The van der Waals surface area contributed by atoms with Crippen LogP contribution in [0, 0.1) is 5.41 Å². The van der Waals surface area contributed by atoms with Crippen LogP contribution in [0.2, 0.25) is 0 Å². The Morgan fingerprint density at radius 3 is 2.52 bits per heavy atom. The summed E-state index contributed by atoms with van der Waals surface area (Å²) in [6.07, 6.45) is 3.19. The Balaban J connectivity index is 2.80. The molecule has 1 heterocycles. The largest absolute Gasteiger partial charge is 0.461 e. The lowest BCUT2D eigenvalue weighted by Crippen LogP contribution is -2.39. The van der Waals surface area contributed by atoms with Crippen LogP contribution in [0.5, 0.6) is 0 Å². The van der Waals surface area contributed by atoms with Gasteiger partial charge in [-0.05, 0) is 13.3 Å². The quantitative estimate of drug-likeness (QED) is 0.532. The van der Waals surface area contributed by atoms with Gasteiger partial charge in [0.2, 0.25) is 5.91 Å². The Bertz CT molecular complexity index is 520. The number of nitrogens with zero attached hydrogens (tertiary/aromatic N) is 2. The number of thiazole rings is 1. The van der Waals surface area contributed by atoms with Crippen molar-refractivity contribution >= 4 is 23.2 Å². The van der Waals surface area contributed by atoms with Gasteiger partial charge in [-0.1, -0.05) is 40.5 Å². The Hall–Kier alpha value is -1.43. The summed E-state index contributed by atoms with van der Waals surface area (Å²) < 4.78 is 4.95. The van der Waals surface area contributed by atoms with Gasteiger partial charge in [0, 0.05) is 17.3 Å². The number of hydrogen-bond donors (Lipinski definition) is 0. The molecule has 0 saturated heterocycles. The Morgan fingerprint density at radius 1 is 1.26 bits per heavy atom. The van der Waals surface area contributed by atoms with E-state index in [0.29, 0.717) is 18.8 Å². The monoisotopic (exact) mass is 340 g/mol. The fourth-order valence-electron chi connectivity index (χ4n) is 2.12. The van der Waals surface area contributed by atoms with Gasteiger partial charge >= 0.3 is 5.97 Å². The predicted octanol–water partition coefficient (Wildman–Crippen LogP) is 3.88. The number of carbonyl (C=O) groups excluding carboxylic acids is 2. The van der Waals surface area contributed by atoms with Gasteiger partial charge in [-0.15, -0.1) is 11.3 Å². The van der Waals surface area contributed by atoms with Crippen molar-refractivity contribution in [2.45, 2.75) is 60.4 Å². The molecule has 0 fully saturated rings. The Morgan fingerprint density at radius 2 is 1.96 bits per heavy atom. The number of ether oxygens (including phenoxy) is 1. The first kappa shape index (κ1) is 19.6. The van der Waals surface area contributed by atoms with Crippen LogP contribution in [0.15, 0.2) is 5.38 Å². The fraction of sp³-hybridized carbons (Fsp3) is 0.706. The molecule has 6 heteroatoms. The van der Waals surface area contributed by atoms with Crippen molar-refractivity contribution in [2.75, 3.05) is 13.2 Å². The van der Waals surface area contributed by atoms with E-state index in [1.165, 1.54) is 11.3 Å². The van der Waals surface area contributed by atoms with E-state index >= 15 is 0 Å². The second-order valence-electron chi connectivity index (χ2n) is 6.53. The van der Waals surface area contributed by atoms with Crippen molar-refractivity contribution in [2.24, 2.45) is 5.41 Å². The minimum Gasteiger partial charge on any atom is -0.461 e. The number of esters is 1. The highest BCUT2D eigenvalue weighted by molar-refractivity contribution is 7.09. The number of carbonyl (C=O) groups is 2. The van der Waals surface area contributed by atoms with Crippen LogP contribution in [-0.4, -0.2) is 34.9 Å². The van der Waals surface area contributed by atoms with Crippen molar-refractivity contribution in [1.29, 1.82) is 0 Å². The molecule has 0 saturated carbocycles. The molecule has 0 bridgehead atoms. The number of aromatic nitrogens is 1. The molecule has 0 aliphatic carbocycles. The van der Waals surface area contributed by atoms with Gasteiger partial charge in [0.15, 0.2) is 5.69 Å². The Kier molecular flexibility index (Phi) is 7.68. The lowest BCUT2D eigenvalue weighted by molar-refractivity contribution is -0.140. The molecule has 0 aromatic carbocycles. The second-order valence-corrected chi connectivity index (χ2v) is 7.47. The smallest absolute Gasteiger partial charge is 0.357 e. The molecule has 0 spiro atoms. The zero-order valence-electron chi connectivity index (χ0n) is 14.8. The molecule has 0 aliphatic heterocycles. The lowest BCUT2D eigenvalue weighted by Gasteiger charge is -2.29. The van der Waals surface area contributed by atoms with Gasteiger partial charge in [0.25, 0.3) is 0 Å². The minimum absolute atomic E-state index is 0.112. The number of amides is 1. The van der Waals surface area contributed by atoms with Crippen molar-refractivity contribution in [1.82, 2.24) is 9.88 Å². The standard InChI is InChI=1S/C17H28N2O3S/c1-6-8-9-10-19(16(21)17(3,4)5)11-14-18-13(12-23-14)15(20)22-7-2/h12H,6-11H2,1-5H3. The normalized spacial score (nSPS) is 11.3. The van der Waals surface area contributed by atoms with Gasteiger partial charge in [0.1, 0.15) is 5.01 Å². The maximum atomic E-state index is 12.6. The molecule has 0 atom stereocenters. The van der Waals surface area contributed by atoms with E-state index in [2.05, 4.69) is 11.9 Å². The van der Waals surface area contributed by atoms with Gasteiger partial charge in [-0.25, -0.2) is 9.78 Å². The highest BCUT2D eigenvalue weighted by Gasteiger charge is 2.27. The molecule has 1 rings (SSSR count). The summed E-state index contributed by atoms with van der Waals surface area (Å²) in [5.74, 6) is -0.295. The molecular formula is C17H28N2O3S. The first-order chi connectivity index (χ1) is 10.8. The molecule has 1 amide bonds. The number of hydrogen-bond acceptors (Lipinski definition) is 5. The summed E-state index contributed by atoms with van der Waals surface area (Å²) in [5.41, 5.74) is -0.100. The maximum absolute atomic E-state index is 12.6. The predicted molar refractivity (Wildman–Crippen MR) is 92.5 cm³/mol. The maximum Gasteiger partial charge on any atom is 0.357 e. The molecule has 130 valence electrons. The van der Waals surface area contributed by atoms with Crippen LogP contribution in [0.1, 0.15) is 69.4 Å². The molecule has 23 heavy (non-hydrogen) atoms. The molecular weight excluding hydrogens is 312 g/mol. The zero-order valence-corrected chi connectivity index (χ0v) is 15.7. The SMILES string of the molecule is CCCCCN(Cc1nc(C(=O)OCC)cs1)C(=O)C(C)(C)C. The van der Waals surface area contributed by atoms with E-state index in [4.69, 9.17) is 4.74 Å². The van der Waals surface area contributed by atoms with Gasteiger partial charge in [-0.3, -0.25) is 4.79 Å². The van der Waals surface area contributed by atoms with E-state index in [1.54, 1.807) is 12.3 Å². The highest BCUT2D eigenvalue weighted by Crippen LogP contribution is 2.21. The van der Waals surface area contributed by atoms with Crippen LogP contribution in [-0.2, 0) is 16.1 Å². The fourth-order valence-corrected chi connectivity index (χ4v) is 2.90. The summed E-state index contributed by atoms with van der Waals surface area (Å²) in [7, 11) is 0. The van der Waals surface area contributed by atoms with Crippen LogP contribution in [0.25, 0.3) is 0 Å². The van der Waals surface area contributed by atoms with E-state index in [1.807, 2.05) is 25.7 Å². The average molecular weight is 340 g/mol. The van der Waals surface area contributed by atoms with Crippen molar-refractivity contribution in [3.63, 3.8) is 0 Å². The summed E-state index contributed by atoms with van der Waals surface area (Å²) >= 11 is 1.39. The summed E-state index contributed by atoms with van der Waals surface area (Å²) in [6.45, 7) is 11.2. The lowest BCUT2D eigenvalue weighted by atomic mass is 9.94. The zero-order chi connectivity index (χ0) is 17.5. The second kappa shape index (κ2) is 9.01. The van der Waals surface area contributed by atoms with E-state index in [9.17, 15) is 9.59 Å². The summed E-state index contributed by atoms with van der Waals surface area (Å²) in [6, 6.07) is 0. The van der Waals surface area contributed by atoms with Crippen molar-refractivity contribution in [3.05, 3.63) is 16.1 Å². The third-order valence-electron chi connectivity index (χ3n) is 3.32. The van der Waals surface area contributed by atoms with E-state index in [-0.39, 0.29) is 5.91 Å². The van der Waals surface area contributed by atoms with Crippen LogP contribution >= 0.6 is 11.3 Å². The molecule has 0 N–H and O–H groups in total. The number of unbranched alkanes of at least 4 members (excludes halogenated alkanes) is 2. The Labute approximate surface area is 143 Å². The molecule has 1 aromatic heterocycles. The highest BCUT2D eigenvalue weighted by atomic mass is 32.1. The minimum atomic E-state index is -0.423.